The molecule has 3 nitrogen and oxygen atoms in total. The van der Waals surface area contributed by atoms with Gasteiger partial charge in [-0.05, 0) is 32.9 Å². The fourth-order valence-electron chi connectivity index (χ4n) is 1.89. The summed E-state index contributed by atoms with van der Waals surface area (Å²) in [6.07, 6.45) is 0. The van der Waals surface area contributed by atoms with Crippen molar-refractivity contribution >= 4 is 20.4 Å². The molecule has 0 aliphatic rings. The van der Waals surface area contributed by atoms with Crippen molar-refractivity contribution in [3.63, 3.8) is 0 Å². The van der Waals surface area contributed by atoms with E-state index in [1.54, 1.807) is 20.8 Å². The zero-order chi connectivity index (χ0) is 15.2. The lowest BCUT2D eigenvalue weighted by Crippen LogP contribution is -2.49. The molecular formula is C13H19ClF2O3Si. The minimum absolute atomic E-state index is 0.0826. The quantitative estimate of drug-likeness (QED) is 0.538. The Morgan fingerprint density at radius 3 is 1.95 bits per heavy atom. The molecule has 0 aromatic heterocycles. The molecule has 7 heteroatoms. The van der Waals surface area contributed by atoms with Gasteiger partial charge in [-0.2, -0.15) is 0 Å². The first-order valence-corrected chi connectivity index (χ1v) is 8.84. The summed E-state index contributed by atoms with van der Waals surface area (Å²) in [5.41, 5.74) is -0.153. The zero-order valence-corrected chi connectivity index (χ0v) is 13.6. The molecule has 0 saturated heterocycles. The van der Waals surface area contributed by atoms with Crippen molar-refractivity contribution in [3.05, 3.63) is 34.4 Å². The van der Waals surface area contributed by atoms with E-state index >= 15 is 0 Å². The van der Waals surface area contributed by atoms with E-state index in [0.717, 1.165) is 6.07 Å². The van der Waals surface area contributed by atoms with E-state index in [-0.39, 0.29) is 16.6 Å². The summed E-state index contributed by atoms with van der Waals surface area (Å²) in [5.74, 6) is -1.47. The Labute approximate surface area is 124 Å². The molecule has 1 aromatic rings. The highest BCUT2D eigenvalue weighted by molar-refractivity contribution is 6.60. The maximum absolute atomic E-state index is 14.0. The van der Waals surface area contributed by atoms with Crippen molar-refractivity contribution in [2.45, 2.75) is 26.8 Å². The number of hydrogen-bond donors (Lipinski definition) is 0. The van der Waals surface area contributed by atoms with E-state index in [2.05, 4.69) is 0 Å². The summed E-state index contributed by atoms with van der Waals surface area (Å²) in [7, 11) is -3.16. The van der Waals surface area contributed by atoms with E-state index in [1.165, 1.54) is 6.07 Å². The standard InChI is InChI=1S/C13H19ClF2O3Si/c1-4-17-20(18-5-2,19-6-3)9-10-12(15)8-7-11(14)13(10)16/h7-8H,4-6,9H2,1-3H3. The summed E-state index contributed by atoms with van der Waals surface area (Å²) in [6.45, 7) is 6.38. The van der Waals surface area contributed by atoms with E-state index in [0.29, 0.717) is 19.8 Å². The molecule has 0 aliphatic carbocycles. The molecule has 0 aliphatic heterocycles. The fourth-order valence-corrected chi connectivity index (χ4v) is 4.70. The number of halogens is 3. The summed E-state index contributed by atoms with van der Waals surface area (Å²) in [5, 5.41) is -0.131. The van der Waals surface area contributed by atoms with Gasteiger partial charge in [0.1, 0.15) is 11.6 Å². The molecule has 114 valence electrons. The van der Waals surface area contributed by atoms with Crippen LogP contribution in [0.3, 0.4) is 0 Å². The minimum atomic E-state index is -3.16. The van der Waals surface area contributed by atoms with Crippen molar-refractivity contribution in [2.75, 3.05) is 19.8 Å². The molecule has 1 aromatic carbocycles. The average Bonchev–Trinajstić information content (AvgIpc) is 2.40. The van der Waals surface area contributed by atoms with Gasteiger partial charge in [0.05, 0.1) is 5.02 Å². The highest BCUT2D eigenvalue weighted by Gasteiger charge is 2.42. The third kappa shape index (κ3) is 4.23. The highest BCUT2D eigenvalue weighted by Crippen LogP contribution is 2.26. The molecule has 0 spiro atoms. The second-order valence-electron chi connectivity index (χ2n) is 3.98. The molecule has 0 atom stereocenters. The van der Waals surface area contributed by atoms with Gasteiger partial charge in [0.15, 0.2) is 0 Å². The van der Waals surface area contributed by atoms with Crippen LogP contribution in [0.1, 0.15) is 26.3 Å². The van der Waals surface area contributed by atoms with Crippen LogP contribution in [-0.2, 0) is 19.3 Å². The molecule has 0 unspecified atom stereocenters. The van der Waals surface area contributed by atoms with Crippen molar-refractivity contribution in [1.29, 1.82) is 0 Å². The van der Waals surface area contributed by atoms with Gasteiger partial charge in [-0.25, -0.2) is 8.78 Å². The van der Waals surface area contributed by atoms with E-state index in [1.807, 2.05) is 0 Å². The van der Waals surface area contributed by atoms with Crippen molar-refractivity contribution in [3.8, 4) is 0 Å². The van der Waals surface area contributed by atoms with Gasteiger partial charge in [-0.3, -0.25) is 0 Å². The van der Waals surface area contributed by atoms with Crippen LogP contribution in [-0.4, -0.2) is 28.6 Å². The summed E-state index contributed by atoms with van der Waals surface area (Å²) in [6, 6.07) is 2.23. The van der Waals surface area contributed by atoms with Crippen LogP contribution < -0.4 is 0 Å². The Morgan fingerprint density at radius 1 is 1.00 bits per heavy atom. The summed E-state index contributed by atoms with van der Waals surface area (Å²) < 4.78 is 44.6. The molecule has 20 heavy (non-hydrogen) atoms. The van der Waals surface area contributed by atoms with Gasteiger partial charge in [-0.15, -0.1) is 0 Å². The largest absolute Gasteiger partial charge is 0.505 e. The third-order valence-corrected chi connectivity index (χ3v) is 5.89. The molecule has 0 saturated carbocycles. The minimum Gasteiger partial charge on any atom is -0.374 e. The molecule has 1 rings (SSSR count). The van der Waals surface area contributed by atoms with Gasteiger partial charge in [0.25, 0.3) is 0 Å². The molecule has 0 fully saturated rings. The zero-order valence-electron chi connectivity index (χ0n) is 11.8. The van der Waals surface area contributed by atoms with Gasteiger partial charge in [0.2, 0.25) is 0 Å². The topological polar surface area (TPSA) is 27.7 Å². The lowest BCUT2D eigenvalue weighted by molar-refractivity contribution is 0.0698. The maximum Gasteiger partial charge on any atom is 0.505 e. The van der Waals surface area contributed by atoms with Crippen LogP contribution in [0, 0.1) is 11.6 Å². The van der Waals surface area contributed by atoms with Gasteiger partial charge >= 0.3 is 8.80 Å². The molecule has 0 N–H and O–H groups in total. The number of rotatable bonds is 8. The second-order valence-corrected chi connectivity index (χ2v) is 6.97. The van der Waals surface area contributed by atoms with Crippen LogP contribution in [0.15, 0.2) is 12.1 Å². The number of hydrogen-bond acceptors (Lipinski definition) is 3. The second kappa shape index (κ2) is 8.04. The Morgan fingerprint density at radius 2 is 1.50 bits per heavy atom. The van der Waals surface area contributed by atoms with Gasteiger partial charge in [0, 0.05) is 31.4 Å². The molecule has 0 heterocycles. The third-order valence-electron chi connectivity index (χ3n) is 2.62. The molecular weight excluding hydrogens is 306 g/mol. The predicted molar refractivity (Wildman–Crippen MR) is 75.7 cm³/mol. The first-order valence-electron chi connectivity index (χ1n) is 6.53. The summed E-state index contributed by atoms with van der Waals surface area (Å²) >= 11 is 5.70. The number of benzene rings is 1. The maximum atomic E-state index is 14.0. The fraction of sp³-hybridized carbons (Fsp3) is 0.538. The average molecular weight is 325 g/mol. The summed E-state index contributed by atoms with van der Waals surface area (Å²) in [4.78, 5) is 0. The molecule has 0 radical (unpaired) electrons. The van der Waals surface area contributed by atoms with Crippen LogP contribution in [0.5, 0.6) is 0 Å². The SMILES string of the molecule is CCO[Si](Cc1c(F)ccc(Cl)c1F)(OCC)OCC. The molecule has 0 bridgehead atoms. The van der Waals surface area contributed by atoms with Crippen molar-refractivity contribution in [1.82, 2.24) is 0 Å². The monoisotopic (exact) mass is 324 g/mol. The Kier molecular flexibility index (Phi) is 7.04. The Hall–Kier alpha value is -0.533. The predicted octanol–water partition coefficient (Wildman–Crippen LogP) is 3.75. The smallest absolute Gasteiger partial charge is 0.374 e. The highest BCUT2D eigenvalue weighted by atomic mass is 35.5. The Balaban J connectivity index is 3.14. The van der Waals surface area contributed by atoms with E-state index in [9.17, 15) is 8.78 Å². The van der Waals surface area contributed by atoms with Crippen LogP contribution >= 0.6 is 11.6 Å². The normalized spacial score (nSPS) is 11.9. The van der Waals surface area contributed by atoms with Crippen molar-refractivity contribution < 1.29 is 22.1 Å². The van der Waals surface area contributed by atoms with Crippen molar-refractivity contribution in [2.24, 2.45) is 0 Å². The first kappa shape index (κ1) is 17.5. The lowest BCUT2D eigenvalue weighted by atomic mass is 10.2. The van der Waals surface area contributed by atoms with E-state index in [4.69, 9.17) is 24.9 Å². The molecule has 0 amide bonds. The van der Waals surface area contributed by atoms with Crippen LogP contribution in [0.4, 0.5) is 8.78 Å². The first-order chi connectivity index (χ1) is 9.49. The van der Waals surface area contributed by atoms with Gasteiger partial charge < -0.3 is 13.3 Å². The van der Waals surface area contributed by atoms with E-state index < -0.39 is 20.4 Å². The Bertz CT molecular complexity index is 429. The lowest BCUT2D eigenvalue weighted by Gasteiger charge is -2.28. The van der Waals surface area contributed by atoms with Gasteiger partial charge in [-0.1, -0.05) is 11.6 Å². The van der Waals surface area contributed by atoms with Crippen LogP contribution in [0.25, 0.3) is 0 Å². The van der Waals surface area contributed by atoms with Crippen LogP contribution in [0.2, 0.25) is 5.02 Å².